The van der Waals surface area contributed by atoms with Gasteiger partial charge in [0.15, 0.2) is 0 Å². The molecule has 2 saturated carbocycles. The first kappa shape index (κ1) is 14.4. The molecule has 2 aliphatic carbocycles. The molecular formula is C15H25NO3. The maximum Gasteiger partial charge on any atom is 0.308 e. The molecule has 0 heterocycles. The van der Waals surface area contributed by atoms with Gasteiger partial charge in [0.1, 0.15) is 0 Å². The van der Waals surface area contributed by atoms with Crippen LogP contribution in [0, 0.1) is 11.8 Å². The molecule has 0 aliphatic heterocycles. The minimum Gasteiger partial charge on any atom is -0.481 e. The average Bonchev–Trinajstić information content (AvgIpc) is 2.66. The van der Waals surface area contributed by atoms with Crippen molar-refractivity contribution in [2.75, 3.05) is 0 Å². The first-order chi connectivity index (χ1) is 9.16. The standard InChI is InChI=1S/C15H25NO3/c17-14(10-11-6-3-1-2-4-7-11)16-13-9-5-8-12(13)15(18)19/h11-13H,1-10H2,(H,16,17)(H,18,19). The Bertz CT molecular complexity index is 321. The van der Waals surface area contributed by atoms with E-state index in [1.807, 2.05) is 0 Å². The highest BCUT2D eigenvalue weighted by Crippen LogP contribution is 2.28. The Morgan fingerprint density at radius 2 is 1.63 bits per heavy atom. The van der Waals surface area contributed by atoms with Crippen molar-refractivity contribution in [2.24, 2.45) is 11.8 Å². The zero-order chi connectivity index (χ0) is 13.7. The number of aliphatic carboxylic acids is 1. The first-order valence-electron chi connectivity index (χ1n) is 7.69. The second-order valence-corrected chi connectivity index (χ2v) is 6.11. The zero-order valence-electron chi connectivity index (χ0n) is 11.6. The van der Waals surface area contributed by atoms with E-state index in [0.29, 0.717) is 18.8 Å². The number of carboxylic acids is 1. The predicted molar refractivity (Wildman–Crippen MR) is 72.7 cm³/mol. The molecule has 108 valence electrons. The molecule has 19 heavy (non-hydrogen) atoms. The molecule has 0 aromatic heterocycles. The van der Waals surface area contributed by atoms with E-state index in [-0.39, 0.29) is 17.9 Å². The maximum absolute atomic E-state index is 12.0. The summed E-state index contributed by atoms with van der Waals surface area (Å²) < 4.78 is 0. The summed E-state index contributed by atoms with van der Waals surface area (Å²) in [5, 5.41) is 12.1. The molecule has 0 radical (unpaired) electrons. The molecule has 4 heteroatoms. The third-order valence-electron chi connectivity index (χ3n) is 4.63. The highest BCUT2D eigenvalue weighted by molar-refractivity contribution is 5.78. The van der Waals surface area contributed by atoms with Gasteiger partial charge in [-0.2, -0.15) is 0 Å². The minimum absolute atomic E-state index is 0.0602. The maximum atomic E-state index is 12.0. The number of hydrogen-bond donors (Lipinski definition) is 2. The van der Waals surface area contributed by atoms with E-state index in [1.165, 1.54) is 25.7 Å². The Kier molecular flexibility index (Phi) is 5.23. The summed E-state index contributed by atoms with van der Waals surface area (Å²) in [6, 6.07) is -0.143. The average molecular weight is 267 g/mol. The van der Waals surface area contributed by atoms with E-state index < -0.39 is 5.97 Å². The summed E-state index contributed by atoms with van der Waals surface area (Å²) in [5.41, 5.74) is 0. The summed E-state index contributed by atoms with van der Waals surface area (Å²) in [5.74, 6) is -0.576. The van der Waals surface area contributed by atoms with Gasteiger partial charge in [0.25, 0.3) is 0 Å². The smallest absolute Gasteiger partial charge is 0.308 e. The van der Waals surface area contributed by atoms with Crippen LogP contribution in [-0.2, 0) is 9.59 Å². The Labute approximate surface area is 115 Å². The van der Waals surface area contributed by atoms with Crippen LogP contribution in [0.25, 0.3) is 0 Å². The van der Waals surface area contributed by atoms with Crippen molar-refractivity contribution in [2.45, 2.75) is 70.3 Å². The quantitative estimate of drug-likeness (QED) is 0.770. The van der Waals surface area contributed by atoms with Crippen LogP contribution in [0.1, 0.15) is 64.2 Å². The molecule has 0 saturated heterocycles. The van der Waals surface area contributed by atoms with Crippen molar-refractivity contribution in [1.29, 1.82) is 0 Å². The molecule has 0 aromatic carbocycles. The largest absolute Gasteiger partial charge is 0.481 e. The summed E-state index contributed by atoms with van der Waals surface area (Å²) in [4.78, 5) is 23.1. The third-order valence-corrected chi connectivity index (χ3v) is 4.63. The monoisotopic (exact) mass is 267 g/mol. The number of carboxylic acid groups (broad SMARTS) is 1. The van der Waals surface area contributed by atoms with Gasteiger partial charge in [0.05, 0.1) is 5.92 Å². The Balaban J connectivity index is 1.78. The molecule has 0 spiro atoms. The van der Waals surface area contributed by atoms with Gasteiger partial charge in [0, 0.05) is 12.5 Å². The fourth-order valence-electron chi connectivity index (χ4n) is 3.52. The van der Waals surface area contributed by atoms with Crippen LogP contribution in [0.4, 0.5) is 0 Å². The van der Waals surface area contributed by atoms with Crippen LogP contribution >= 0.6 is 0 Å². The second-order valence-electron chi connectivity index (χ2n) is 6.11. The van der Waals surface area contributed by atoms with E-state index in [4.69, 9.17) is 5.11 Å². The normalized spacial score (nSPS) is 28.8. The van der Waals surface area contributed by atoms with Gasteiger partial charge in [-0.3, -0.25) is 9.59 Å². The van der Waals surface area contributed by atoms with Gasteiger partial charge >= 0.3 is 5.97 Å². The van der Waals surface area contributed by atoms with Crippen molar-refractivity contribution < 1.29 is 14.7 Å². The van der Waals surface area contributed by atoms with Crippen LogP contribution in [-0.4, -0.2) is 23.0 Å². The highest BCUT2D eigenvalue weighted by Gasteiger charge is 2.34. The Hall–Kier alpha value is -1.06. The van der Waals surface area contributed by atoms with Crippen molar-refractivity contribution in [3.8, 4) is 0 Å². The Morgan fingerprint density at radius 1 is 0.947 bits per heavy atom. The van der Waals surface area contributed by atoms with Crippen LogP contribution in [0.2, 0.25) is 0 Å². The van der Waals surface area contributed by atoms with Gasteiger partial charge < -0.3 is 10.4 Å². The van der Waals surface area contributed by atoms with E-state index in [9.17, 15) is 9.59 Å². The van der Waals surface area contributed by atoms with Crippen LogP contribution < -0.4 is 5.32 Å². The van der Waals surface area contributed by atoms with Gasteiger partial charge in [-0.15, -0.1) is 0 Å². The van der Waals surface area contributed by atoms with Crippen LogP contribution in [0.15, 0.2) is 0 Å². The molecule has 2 fully saturated rings. The number of rotatable bonds is 4. The molecule has 0 aromatic rings. The summed E-state index contributed by atoms with van der Waals surface area (Å²) in [6.45, 7) is 0. The fraction of sp³-hybridized carbons (Fsp3) is 0.867. The molecule has 2 N–H and O–H groups in total. The summed E-state index contributed by atoms with van der Waals surface area (Å²) in [6.07, 6.45) is 10.4. The van der Waals surface area contributed by atoms with E-state index >= 15 is 0 Å². The van der Waals surface area contributed by atoms with E-state index in [1.54, 1.807) is 0 Å². The third kappa shape index (κ3) is 4.22. The van der Waals surface area contributed by atoms with Crippen LogP contribution in [0.3, 0.4) is 0 Å². The first-order valence-corrected chi connectivity index (χ1v) is 7.69. The van der Waals surface area contributed by atoms with E-state index in [0.717, 1.165) is 25.7 Å². The lowest BCUT2D eigenvalue weighted by molar-refractivity contribution is -0.142. The lowest BCUT2D eigenvalue weighted by Crippen LogP contribution is -2.40. The van der Waals surface area contributed by atoms with Gasteiger partial charge in [0.2, 0.25) is 5.91 Å². The summed E-state index contributed by atoms with van der Waals surface area (Å²) >= 11 is 0. The molecule has 2 rings (SSSR count). The topological polar surface area (TPSA) is 66.4 Å². The highest BCUT2D eigenvalue weighted by atomic mass is 16.4. The molecular weight excluding hydrogens is 242 g/mol. The number of nitrogens with one attached hydrogen (secondary N) is 1. The predicted octanol–water partition coefficient (Wildman–Crippen LogP) is 2.72. The number of amides is 1. The zero-order valence-corrected chi connectivity index (χ0v) is 11.6. The van der Waals surface area contributed by atoms with Crippen molar-refractivity contribution >= 4 is 11.9 Å². The Morgan fingerprint density at radius 3 is 2.26 bits per heavy atom. The molecule has 2 unspecified atom stereocenters. The molecule has 2 atom stereocenters. The van der Waals surface area contributed by atoms with Gasteiger partial charge in [-0.1, -0.05) is 32.1 Å². The summed E-state index contributed by atoms with van der Waals surface area (Å²) in [7, 11) is 0. The van der Waals surface area contributed by atoms with E-state index in [2.05, 4.69) is 5.32 Å². The molecule has 1 amide bonds. The fourth-order valence-corrected chi connectivity index (χ4v) is 3.52. The minimum atomic E-state index is -0.766. The van der Waals surface area contributed by atoms with Gasteiger partial charge in [-0.05, 0) is 31.6 Å². The van der Waals surface area contributed by atoms with Crippen LogP contribution in [0.5, 0.6) is 0 Å². The van der Waals surface area contributed by atoms with Crippen molar-refractivity contribution in [3.05, 3.63) is 0 Å². The number of carbonyl (C=O) groups is 2. The molecule has 2 aliphatic rings. The lowest BCUT2D eigenvalue weighted by Gasteiger charge is -2.20. The van der Waals surface area contributed by atoms with Crippen molar-refractivity contribution in [3.63, 3.8) is 0 Å². The lowest BCUT2D eigenvalue weighted by atomic mass is 9.95. The number of carbonyl (C=O) groups excluding carboxylic acids is 1. The van der Waals surface area contributed by atoms with Gasteiger partial charge in [-0.25, -0.2) is 0 Å². The number of hydrogen-bond acceptors (Lipinski definition) is 2. The second kappa shape index (κ2) is 6.92. The molecule has 0 bridgehead atoms. The molecule has 4 nitrogen and oxygen atoms in total. The SMILES string of the molecule is O=C(CC1CCCCCC1)NC1CCCC1C(=O)O. The van der Waals surface area contributed by atoms with Crippen molar-refractivity contribution in [1.82, 2.24) is 5.32 Å².